The molecule has 0 aliphatic carbocycles. The van der Waals surface area contributed by atoms with Gasteiger partial charge in [-0.25, -0.2) is 4.79 Å². The highest BCUT2D eigenvalue weighted by atomic mass is 16.7. The number of rotatable bonds is 2. The third-order valence-electron chi connectivity index (χ3n) is 4.87. The van der Waals surface area contributed by atoms with Gasteiger partial charge in [-0.1, -0.05) is 12.1 Å². The van der Waals surface area contributed by atoms with Gasteiger partial charge in [-0.05, 0) is 60.0 Å². The standard InChI is InChI=1S/C19H27BN2O4/c1-17(2,3)24-16(23)22-15-11-21-14-9-8-12(10-13(14)15)20-25-18(4,5)19(6,7)26-20/h8-11,21H,1-7H3,(H,22,23). The van der Waals surface area contributed by atoms with Crippen LogP contribution in [-0.4, -0.2) is 35.0 Å². The number of nitrogens with one attached hydrogen (secondary N) is 2. The number of amides is 1. The van der Waals surface area contributed by atoms with E-state index in [0.717, 1.165) is 16.4 Å². The van der Waals surface area contributed by atoms with Crippen LogP contribution in [0.15, 0.2) is 24.4 Å². The van der Waals surface area contributed by atoms with Gasteiger partial charge in [-0.15, -0.1) is 0 Å². The number of fused-ring (bicyclic) bond motifs is 1. The zero-order valence-electron chi connectivity index (χ0n) is 16.5. The summed E-state index contributed by atoms with van der Waals surface area (Å²) in [6, 6.07) is 5.90. The van der Waals surface area contributed by atoms with Gasteiger partial charge in [0.05, 0.1) is 16.9 Å². The lowest BCUT2D eigenvalue weighted by molar-refractivity contribution is 0.00578. The van der Waals surface area contributed by atoms with E-state index >= 15 is 0 Å². The monoisotopic (exact) mass is 358 g/mol. The Hall–Kier alpha value is -1.99. The molecule has 7 heteroatoms. The summed E-state index contributed by atoms with van der Waals surface area (Å²) in [5.41, 5.74) is 1.13. The molecule has 1 amide bonds. The summed E-state index contributed by atoms with van der Waals surface area (Å²) in [4.78, 5) is 15.2. The van der Waals surface area contributed by atoms with Crippen molar-refractivity contribution in [2.75, 3.05) is 5.32 Å². The first-order valence-corrected chi connectivity index (χ1v) is 8.85. The number of carbonyl (C=O) groups excluding carboxylic acids is 1. The number of hydrogen-bond acceptors (Lipinski definition) is 4. The van der Waals surface area contributed by atoms with Crippen LogP contribution in [0.2, 0.25) is 0 Å². The zero-order chi connectivity index (χ0) is 19.3. The first-order valence-electron chi connectivity index (χ1n) is 8.85. The zero-order valence-corrected chi connectivity index (χ0v) is 16.5. The van der Waals surface area contributed by atoms with Crippen LogP contribution < -0.4 is 10.8 Å². The summed E-state index contributed by atoms with van der Waals surface area (Å²) in [6.45, 7) is 13.6. The van der Waals surface area contributed by atoms with Crippen LogP contribution in [-0.2, 0) is 14.0 Å². The summed E-state index contributed by atoms with van der Waals surface area (Å²) < 4.78 is 17.6. The third kappa shape index (κ3) is 3.59. The highest BCUT2D eigenvalue weighted by Gasteiger charge is 2.51. The number of hydrogen-bond donors (Lipinski definition) is 2. The lowest BCUT2D eigenvalue weighted by atomic mass is 9.78. The maximum atomic E-state index is 12.1. The molecule has 1 aromatic heterocycles. The van der Waals surface area contributed by atoms with Gasteiger partial charge in [0, 0.05) is 17.1 Å². The highest BCUT2D eigenvalue weighted by Crippen LogP contribution is 2.36. The molecule has 140 valence electrons. The molecule has 0 saturated carbocycles. The number of benzene rings is 1. The quantitative estimate of drug-likeness (QED) is 0.801. The minimum atomic E-state index is -0.552. The molecule has 2 N–H and O–H groups in total. The van der Waals surface area contributed by atoms with Gasteiger partial charge in [0.1, 0.15) is 5.60 Å². The van der Waals surface area contributed by atoms with Gasteiger partial charge in [-0.2, -0.15) is 0 Å². The van der Waals surface area contributed by atoms with Crippen LogP contribution >= 0.6 is 0 Å². The Bertz CT molecular complexity index is 820. The van der Waals surface area contributed by atoms with Crippen molar-refractivity contribution in [2.45, 2.75) is 65.3 Å². The van der Waals surface area contributed by atoms with Crippen molar-refractivity contribution in [2.24, 2.45) is 0 Å². The molecule has 6 nitrogen and oxygen atoms in total. The molecule has 0 bridgehead atoms. The first kappa shape index (κ1) is 18.8. The number of aromatic nitrogens is 1. The first-order chi connectivity index (χ1) is 11.9. The molecule has 0 spiro atoms. The molecule has 0 unspecified atom stereocenters. The molecular formula is C19H27BN2O4. The van der Waals surface area contributed by atoms with E-state index in [-0.39, 0.29) is 0 Å². The van der Waals surface area contributed by atoms with E-state index in [2.05, 4.69) is 10.3 Å². The van der Waals surface area contributed by atoms with Crippen molar-refractivity contribution < 1.29 is 18.8 Å². The number of anilines is 1. The van der Waals surface area contributed by atoms with Crippen molar-refractivity contribution in [1.29, 1.82) is 0 Å². The fraction of sp³-hybridized carbons (Fsp3) is 0.526. The molecule has 1 fully saturated rings. The van der Waals surface area contributed by atoms with E-state index in [1.807, 2.05) is 66.7 Å². The van der Waals surface area contributed by atoms with Crippen LogP contribution in [0.4, 0.5) is 10.5 Å². The smallest absolute Gasteiger partial charge is 0.444 e. The fourth-order valence-corrected chi connectivity index (χ4v) is 2.78. The Kier molecular flexibility index (Phi) is 4.36. The van der Waals surface area contributed by atoms with E-state index in [0.29, 0.717) is 5.69 Å². The Morgan fingerprint density at radius 1 is 1.15 bits per heavy atom. The number of carbonyl (C=O) groups is 1. The predicted molar refractivity (Wildman–Crippen MR) is 104 cm³/mol. The molecular weight excluding hydrogens is 331 g/mol. The minimum absolute atomic E-state index is 0.400. The second-order valence-corrected chi connectivity index (χ2v) is 8.72. The summed E-state index contributed by atoms with van der Waals surface area (Å²) in [5, 5.41) is 3.68. The molecule has 0 atom stereocenters. The minimum Gasteiger partial charge on any atom is -0.444 e. The Morgan fingerprint density at radius 3 is 2.35 bits per heavy atom. The van der Waals surface area contributed by atoms with Crippen molar-refractivity contribution in [1.82, 2.24) is 4.98 Å². The molecule has 1 aliphatic rings. The third-order valence-corrected chi connectivity index (χ3v) is 4.87. The molecule has 1 aliphatic heterocycles. The molecule has 2 heterocycles. The van der Waals surface area contributed by atoms with E-state index in [1.54, 1.807) is 6.20 Å². The normalized spacial score (nSPS) is 19.0. The maximum Gasteiger partial charge on any atom is 0.494 e. The highest BCUT2D eigenvalue weighted by molar-refractivity contribution is 6.62. The van der Waals surface area contributed by atoms with E-state index in [4.69, 9.17) is 14.0 Å². The van der Waals surface area contributed by atoms with Crippen LogP contribution in [0.1, 0.15) is 48.5 Å². The van der Waals surface area contributed by atoms with Gasteiger partial charge >= 0.3 is 13.2 Å². The average Bonchev–Trinajstić information content (AvgIpc) is 2.95. The number of aromatic amines is 1. The molecule has 1 aromatic carbocycles. The Labute approximate surface area is 154 Å². The second-order valence-electron chi connectivity index (χ2n) is 8.72. The van der Waals surface area contributed by atoms with Gasteiger partial charge in [0.2, 0.25) is 0 Å². The number of H-pyrrole nitrogens is 1. The van der Waals surface area contributed by atoms with E-state index in [1.165, 1.54) is 0 Å². The molecule has 2 aromatic rings. The van der Waals surface area contributed by atoms with Crippen LogP contribution in [0.5, 0.6) is 0 Å². The van der Waals surface area contributed by atoms with Crippen LogP contribution in [0, 0.1) is 0 Å². The fourth-order valence-electron chi connectivity index (χ4n) is 2.78. The van der Waals surface area contributed by atoms with E-state index < -0.39 is 30.0 Å². The largest absolute Gasteiger partial charge is 0.494 e. The second kappa shape index (κ2) is 6.03. The Morgan fingerprint density at radius 2 is 1.77 bits per heavy atom. The Balaban J connectivity index is 1.86. The lowest BCUT2D eigenvalue weighted by Crippen LogP contribution is -2.41. The summed E-state index contributed by atoms with van der Waals surface area (Å²) >= 11 is 0. The maximum absolute atomic E-state index is 12.1. The predicted octanol–water partition coefficient (Wildman–Crippen LogP) is 3.81. The van der Waals surface area contributed by atoms with Gasteiger partial charge in [0.15, 0.2) is 0 Å². The van der Waals surface area contributed by atoms with Crippen molar-refractivity contribution in [3.63, 3.8) is 0 Å². The van der Waals surface area contributed by atoms with Crippen molar-refractivity contribution in [3.8, 4) is 0 Å². The summed E-state index contributed by atoms with van der Waals surface area (Å²) in [6.07, 6.45) is 1.27. The van der Waals surface area contributed by atoms with Crippen molar-refractivity contribution >= 4 is 35.3 Å². The van der Waals surface area contributed by atoms with Gasteiger partial charge in [0.25, 0.3) is 0 Å². The van der Waals surface area contributed by atoms with Crippen LogP contribution in [0.25, 0.3) is 10.9 Å². The topological polar surface area (TPSA) is 72.6 Å². The SMILES string of the molecule is CC(C)(C)OC(=O)Nc1c[nH]c2ccc(B3OC(C)(C)C(C)(C)O3)cc12. The van der Waals surface area contributed by atoms with Crippen molar-refractivity contribution in [3.05, 3.63) is 24.4 Å². The van der Waals surface area contributed by atoms with Gasteiger partial charge < -0.3 is 19.0 Å². The summed E-state index contributed by atoms with van der Waals surface area (Å²) in [5.74, 6) is 0. The molecule has 1 saturated heterocycles. The average molecular weight is 358 g/mol. The van der Waals surface area contributed by atoms with Gasteiger partial charge in [-0.3, -0.25) is 5.32 Å². The van der Waals surface area contributed by atoms with Crippen LogP contribution in [0.3, 0.4) is 0 Å². The molecule has 0 radical (unpaired) electrons. The number of ether oxygens (including phenoxy) is 1. The van der Waals surface area contributed by atoms with E-state index in [9.17, 15) is 4.79 Å². The molecule has 3 rings (SSSR count). The lowest BCUT2D eigenvalue weighted by Gasteiger charge is -2.32. The molecule has 26 heavy (non-hydrogen) atoms. The summed E-state index contributed by atoms with van der Waals surface area (Å²) in [7, 11) is -0.450.